The average molecular weight is 277 g/mol. The van der Waals surface area contributed by atoms with Crippen molar-refractivity contribution in [1.29, 1.82) is 0 Å². The first-order chi connectivity index (χ1) is 10.3. The lowest BCUT2D eigenvalue weighted by Crippen LogP contribution is -2.13. The molecule has 0 saturated heterocycles. The van der Waals surface area contributed by atoms with Gasteiger partial charge in [0.1, 0.15) is 0 Å². The molecule has 1 amide bonds. The number of carbonyl (C=O) groups is 1. The highest BCUT2D eigenvalue weighted by Gasteiger charge is 2.12. The van der Waals surface area contributed by atoms with E-state index in [1.807, 2.05) is 18.2 Å². The topological polar surface area (TPSA) is 54.9 Å². The van der Waals surface area contributed by atoms with Gasteiger partial charge in [-0.25, -0.2) is 0 Å². The third-order valence-electron chi connectivity index (χ3n) is 3.36. The van der Waals surface area contributed by atoms with E-state index < -0.39 is 0 Å². The van der Waals surface area contributed by atoms with Crippen LogP contribution in [0.1, 0.15) is 22.8 Å². The molecule has 2 aromatic heterocycles. The van der Waals surface area contributed by atoms with Crippen LogP contribution in [0.3, 0.4) is 0 Å². The lowest BCUT2D eigenvalue weighted by molar-refractivity contribution is 0.102. The number of fused-ring (bicyclic) bond motifs is 1. The Kier molecular flexibility index (Phi) is 3.60. The Labute approximate surface area is 122 Å². The first-order valence-corrected chi connectivity index (χ1v) is 6.87. The lowest BCUT2D eigenvalue weighted by Gasteiger charge is -2.09. The highest BCUT2D eigenvalue weighted by Crippen LogP contribution is 2.20. The molecule has 0 spiro atoms. The zero-order valence-corrected chi connectivity index (χ0v) is 11.7. The van der Waals surface area contributed by atoms with E-state index in [-0.39, 0.29) is 5.91 Å². The van der Waals surface area contributed by atoms with Crippen molar-refractivity contribution in [2.75, 3.05) is 5.32 Å². The van der Waals surface area contributed by atoms with E-state index in [0.29, 0.717) is 5.56 Å². The molecule has 4 heteroatoms. The van der Waals surface area contributed by atoms with Gasteiger partial charge in [0.15, 0.2) is 0 Å². The maximum Gasteiger partial charge on any atom is 0.257 e. The number of hydrogen-bond acceptors (Lipinski definition) is 3. The fourth-order valence-electron chi connectivity index (χ4n) is 2.27. The van der Waals surface area contributed by atoms with Gasteiger partial charge in [0.25, 0.3) is 5.91 Å². The van der Waals surface area contributed by atoms with Gasteiger partial charge in [0.05, 0.1) is 11.1 Å². The summed E-state index contributed by atoms with van der Waals surface area (Å²) in [5.74, 6) is -0.153. The number of rotatable bonds is 3. The van der Waals surface area contributed by atoms with Gasteiger partial charge in [0, 0.05) is 29.7 Å². The molecule has 3 aromatic rings. The predicted molar refractivity (Wildman–Crippen MR) is 83.3 cm³/mol. The Hall–Kier alpha value is -2.75. The van der Waals surface area contributed by atoms with Crippen molar-refractivity contribution in [2.45, 2.75) is 13.3 Å². The number of pyridine rings is 2. The summed E-state index contributed by atoms with van der Waals surface area (Å²) < 4.78 is 0. The second-order valence-corrected chi connectivity index (χ2v) is 4.76. The van der Waals surface area contributed by atoms with E-state index in [1.165, 1.54) is 0 Å². The molecule has 0 bridgehead atoms. The molecule has 2 heterocycles. The fraction of sp³-hybridized carbons (Fsp3) is 0.118. The van der Waals surface area contributed by atoms with Gasteiger partial charge in [-0.15, -0.1) is 0 Å². The summed E-state index contributed by atoms with van der Waals surface area (Å²) in [5.41, 5.74) is 3.17. The van der Waals surface area contributed by atoms with Crippen LogP contribution in [0.2, 0.25) is 0 Å². The van der Waals surface area contributed by atoms with E-state index in [1.54, 1.807) is 30.7 Å². The molecule has 0 fully saturated rings. The number of hydrogen-bond donors (Lipinski definition) is 1. The van der Waals surface area contributed by atoms with Crippen molar-refractivity contribution in [1.82, 2.24) is 9.97 Å². The molecule has 0 aliphatic heterocycles. The highest BCUT2D eigenvalue weighted by molar-refractivity contribution is 6.12. The van der Waals surface area contributed by atoms with Crippen LogP contribution < -0.4 is 5.32 Å². The zero-order chi connectivity index (χ0) is 14.7. The standard InChI is InChI=1S/C17H15N3O/c1-2-12-10-13-4-3-7-19-16(13)15(11-12)17(21)20-14-5-8-18-9-6-14/h3-11H,2H2,1H3,(H,18,20,21). The Balaban J connectivity index is 2.04. The Bertz CT molecular complexity index is 784. The molecular weight excluding hydrogens is 262 g/mol. The van der Waals surface area contributed by atoms with Gasteiger partial charge in [-0.3, -0.25) is 14.8 Å². The average Bonchev–Trinajstić information content (AvgIpc) is 2.54. The van der Waals surface area contributed by atoms with Gasteiger partial charge in [-0.2, -0.15) is 0 Å². The highest BCUT2D eigenvalue weighted by atomic mass is 16.1. The van der Waals surface area contributed by atoms with Crippen molar-refractivity contribution in [2.24, 2.45) is 0 Å². The molecule has 0 aliphatic rings. The van der Waals surface area contributed by atoms with Gasteiger partial charge < -0.3 is 5.32 Å². The van der Waals surface area contributed by atoms with Crippen LogP contribution in [-0.4, -0.2) is 15.9 Å². The quantitative estimate of drug-likeness (QED) is 0.797. The normalized spacial score (nSPS) is 10.5. The molecule has 1 aromatic carbocycles. The number of aryl methyl sites for hydroxylation is 1. The SMILES string of the molecule is CCc1cc(C(=O)Nc2ccncc2)c2ncccc2c1. The van der Waals surface area contributed by atoms with Gasteiger partial charge in [0.2, 0.25) is 0 Å². The molecule has 0 atom stereocenters. The lowest BCUT2D eigenvalue weighted by atomic mass is 10.0. The van der Waals surface area contributed by atoms with Gasteiger partial charge >= 0.3 is 0 Å². The summed E-state index contributed by atoms with van der Waals surface area (Å²) in [7, 11) is 0. The Morgan fingerprint density at radius 2 is 1.95 bits per heavy atom. The van der Waals surface area contributed by atoms with Crippen LogP contribution in [0.25, 0.3) is 10.9 Å². The molecule has 0 aliphatic carbocycles. The third-order valence-corrected chi connectivity index (χ3v) is 3.36. The molecule has 0 radical (unpaired) electrons. The molecule has 3 rings (SSSR count). The largest absolute Gasteiger partial charge is 0.322 e. The summed E-state index contributed by atoms with van der Waals surface area (Å²) in [4.78, 5) is 20.8. The number of anilines is 1. The Morgan fingerprint density at radius 3 is 2.71 bits per heavy atom. The monoisotopic (exact) mass is 277 g/mol. The smallest absolute Gasteiger partial charge is 0.257 e. The van der Waals surface area contributed by atoms with Crippen LogP contribution in [0.15, 0.2) is 55.0 Å². The molecule has 1 N–H and O–H groups in total. The summed E-state index contributed by atoms with van der Waals surface area (Å²) in [6.45, 7) is 2.07. The van der Waals surface area contributed by atoms with E-state index in [4.69, 9.17) is 0 Å². The number of nitrogens with zero attached hydrogens (tertiary/aromatic N) is 2. The van der Waals surface area contributed by atoms with Gasteiger partial charge in [-0.05, 0) is 42.3 Å². The minimum atomic E-state index is -0.153. The van der Waals surface area contributed by atoms with Crippen LogP contribution in [0, 0.1) is 0 Å². The van der Waals surface area contributed by atoms with Crippen molar-refractivity contribution in [3.8, 4) is 0 Å². The number of amides is 1. The molecule has 0 saturated carbocycles. The fourth-order valence-corrected chi connectivity index (χ4v) is 2.27. The van der Waals surface area contributed by atoms with E-state index >= 15 is 0 Å². The van der Waals surface area contributed by atoms with Crippen molar-refractivity contribution in [3.05, 3.63) is 66.1 Å². The van der Waals surface area contributed by atoms with Gasteiger partial charge in [-0.1, -0.05) is 13.0 Å². The molecule has 21 heavy (non-hydrogen) atoms. The molecule has 4 nitrogen and oxygen atoms in total. The van der Waals surface area contributed by atoms with E-state index in [2.05, 4.69) is 28.3 Å². The summed E-state index contributed by atoms with van der Waals surface area (Å²) in [6.07, 6.45) is 5.88. The first-order valence-electron chi connectivity index (χ1n) is 6.87. The van der Waals surface area contributed by atoms with Crippen LogP contribution in [-0.2, 0) is 6.42 Å². The van der Waals surface area contributed by atoms with E-state index in [0.717, 1.165) is 28.6 Å². The number of aromatic nitrogens is 2. The van der Waals surface area contributed by atoms with Crippen molar-refractivity contribution < 1.29 is 4.79 Å². The Morgan fingerprint density at radius 1 is 1.14 bits per heavy atom. The molecule has 104 valence electrons. The molecular formula is C17H15N3O. The number of nitrogens with one attached hydrogen (secondary N) is 1. The number of carbonyl (C=O) groups excluding carboxylic acids is 1. The summed E-state index contributed by atoms with van der Waals surface area (Å²) >= 11 is 0. The van der Waals surface area contributed by atoms with Crippen molar-refractivity contribution >= 4 is 22.5 Å². The van der Waals surface area contributed by atoms with Crippen LogP contribution in [0.5, 0.6) is 0 Å². The van der Waals surface area contributed by atoms with Crippen molar-refractivity contribution in [3.63, 3.8) is 0 Å². The summed E-state index contributed by atoms with van der Waals surface area (Å²) in [6, 6.07) is 11.4. The van der Waals surface area contributed by atoms with Crippen LogP contribution in [0.4, 0.5) is 5.69 Å². The van der Waals surface area contributed by atoms with Crippen LogP contribution >= 0.6 is 0 Å². The third kappa shape index (κ3) is 2.74. The second kappa shape index (κ2) is 5.71. The predicted octanol–water partition coefficient (Wildman–Crippen LogP) is 3.44. The van der Waals surface area contributed by atoms with E-state index in [9.17, 15) is 4.79 Å². The summed E-state index contributed by atoms with van der Waals surface area (Å²) in [5, 5.41) is 3.87. The minimum Gasteiger partial charge on any atom is -0.322 e. The minimum absolute atomic E-state index is 0.153. The first kappa shape index (κ1) is 13.2. The number of benzene rings is 1. The maximum atomic E-state index is 12.5. The zero-order valence-electron chi connectivity index (χ0n) is 11.7. The maximum absolute atomic E-state index is 12.5. The molecule has 0 unspecified atom stereocenters. The second-order valence-electron chi connectivity index (χ2n) is 4.76.